The van der Waals surface area contributed by atoms with E-state index in [0.29, 0.717) is 6.04 Å². The van der Waals surface area contributed by atoms with Crippen LogP contribution < -0.4 is 5.73 Å². The molecule has 1 rings (SSSR count). The molecule has 1 heteroatoms. The molecular formula is C16H33N. The number of nitrogens with two attached hydrogens (primary N) is 1. The van der Waals surface area contributed by atoms with Crippen molar-refractivity contribution in [2.24, 2.45) is 23.5 Å². The first-order valence-corrected chi connectivity index (χ1v) is 7.98. The molecule has 0 amide bonds. The standard InChI is InChI=1S/C16H33N/c1-4-7-10-14(6-3)16(17)15-11-8-9-13(5-2)12-15/h13-16H,4-12,17H2,1-3H3. The number of hydrogen-bond donors (Lipinski definition) is 1. The second-order valence-corrected chi connectivity index (χ2v) is 6.09. The van der Waals surface area contributed by atoms with Crippen LogP contribution in [0.2, 0.25) is 0 Å². The summed E-state index contributed by atoms with van der Waals surface area (Å²) in [5.74, 6) is 2.55. The van der Waals surface area contributed by atoms with Crippen molar-refractivity contribution in [2.45, 2.75) is 84.6 Å². The van der Waals surface area contributed by atoms with E-state index >= 15 is 0 Å². The fraction of sp³-hybridized carbons (Fsp3) is 1.00. The summed E-state index contributed by atoms with van der Waals surface area (Å²) in [6, 6.07) is 0.473. The van der Waals surface area contributed by atoms with Gasteiger partial charge in [0.25, 0.3) is 0 Å². The molecule has 0 aliphatic heterocycles. The van der Waals surface area contributed by atoms with E-state index in [2.05, 4.69) is 20.8 Å². The van der Waals surface area contributed by atoms with Crippen LogP contribution in [0.4, 0.5) is 0 Å². The normalized spacial score (nSPS) is 28.9. The van der Waals surface area contributed by atoms with E-state index in [0.717, 1.165) is 17.8 Å². The minimum absolute atomic E-state index is 0.473. The van der Waals surface area contributed by atoms with Crippen molar-refractivity contribution in [3.8, 4) is 0 Å². The maximum Gasteiger partial charge on any atom is 0.00956 e. The molecule has 0 bridgehead atoms. The average Bonchev–Trinajstić information content (AvgIpc) is 2.39. The second kappa shape index (κ2) is 8.13. The van der Waals surface area contributed by atoms with E-state index in [1.807, 2.05) is 0 Å². The van der Waals surface area contributed by atoms with E-state index in [9.17, 15) is 0 Å². The second-order valence-electron chi connectivity index (χ2n) is 6.09. The Morgan fingerprint density at radius 1 is 1.18 bits per heavy atom. The quantitative estimate of drug-likeness (QED) is 0.682. The Hall–Kier alpha value is -0.0400. The number of hydrogen-bond acceptors (Lipinski definition) is 1. The molecule has 4 atom stereocenters. The van der Waals surface area contributed by atoms with Crippen molar-refractivity contribution in [1.82, 2.24) is 0 Å². The van der Waals surface area contributed by atoms with Gasteiger partial charge in [0.05, 0.1) is 0 Å². The van der Waals surface area contributed by atoms with Gasteiger partial charge in [-0.25, -0.2) is 0 Å². The lowest BCUT2D eigenvalue weighted by atomic mass is 9.72. The van der Waals surface area contributed by atoms with E-state index in [1.165, 1.54) is 57.8 Å². The van der Waals surface area contributed by atoms with Gasteiger partial charge in [0.2, 0.25) is 0 Å². The predicted octanol–water partition coefficient (Wildman–Crippen LogP) is 4.75. The SMILES string of the molecule is CCCCC(CC)C(N)C1CCCC(CC)C1. The fourth-order valence-electron chi connectivity index (χ4n) is 3.57. The summed E-state index contributed by atoms with van der Waals surface area (Å²) < 4.78 is 0. The zero-order valence-corrected chi connectivity index (χ0v) is 12.3. The lowest BCUT2D eigenvalue weighted by Gasteiger charge is -2.36. The van der Waals surface area contributed by atoms with E-state index in [4.69, 9.17) is 5.73 Å². The molecule has 1 fully saturated rings. The molecule has 4 unspecified atom stereocenters. The summed E-state index contributed by atoms with van der Waals surface area (Å²) >= 11 is 0. The van der Waals surface area contributed by atoms with Crippen molar-refractivity contribution < 1.29 is 0 Å². The molecule has 17 heavy (non-hydrogen) atoms. The average molecular weight is 239 g/mol. The summed E-state index contributed by atoms with van der Waals surface area (Å²) in [6.07, 6.45) is 12.3. The zero-order valence-electron chi connectivity index (χ0n) is 12.3. The largest absolute Gasteiger partial charge is 0.327 e. The minimum atomic E-state index is 0.473. The maximum atomic E-state index is 6.56. The van der Waals surface area contributed by atoms with Crippen LogP contribution in [0.5, 0.6) is 0 Å². The van der Waals surface area contributed by atoms with Crippen LogP contribution in [0.3, 0.4) is 0 Å². The van der Waals surface area contributed by atoms with E-state index < -0.39 is 0 Å². The molecule has 0 spiro atoms. The minimum Gasteiger partial charge on any atom is -0.327 e. The van der Waals surface area contributed by atoms with Crippen LogP contribution in [0.15, 0.2) is 0 Å². The third kappa shape index (κ3) is 4.62. The highest BCUT2D eigenvalue weighted by Gasteiger charge is 2.29. The van der Waals surface area contributed by atoms with Gasteiger partial charge in [-0.1, -0.05) is 59.3 Å². The molecule has 0 saturated heterocycles. The molecule has 1 aliphatic rings. The third-order valence-corrected chi connectivity index (χ3v) is 4.94. The summed E-state index contributed by atoms with van der Waals surface area (Å²) in [7, 11) is 0. The van der Waals surface area contributed by atoms with Crippen LogP contribution in [0.25, 0.3) is 0 Å². The first-order chi connectivity index (χ1) is 8.22. The van der Waals surface area contributed by atoms with Gasteiger partial charge in [-0.15, -0.1) is 0 Å². The number of rotatable bonds is 7. The summed E-state index contributed by atoms with van der Waals surface area (Å²) in [5.41, 5.74) is 6.56. The van der Waals surface area contributed by atoms with Crippen LogP contribution in [0, 0.1) is 17.8 Å². The van der Waals surface area contributed by atoms with Crippen LogP contribution in [0.1, 0.15) is 78.6 Å². The molecule has 1 aliphatic carbocycles. The molecule has 0 aromatic carbocycles. The van der Waals surface area contributed by atoms with Gasteiger partial charge in [-0.3, -0.25) is 0 Å². The van der Waals surface area contributed by atoms with Crippen molar-refractivity contribution in [2.75, 3.05) is 0 Å². The van der Waals surface area contributed by atoms with E-state index in [-0.39, 0.29) is 0 Å². The maximum absolute atomic E-state index is 6.56. The van der Waals surface area contributed by atoms with Crippen LogP contribution in [-0.2, 0) is 0 Å². The van der Waals surface area contributed by atoms with E-state index in [1.54, 1.807) is 0 Å². The van der Waals surface area contributed by atoms with Gasteiger partial charge in [0, 0.05) is 6.04 Å². The lowest BCUT2D eigenvalue weighted by Crippen LogP contribution is -2.39. The molecule has 102 valence electrons. The Balaban J connectivity index is 2.45. The van der Waals surface area contributed by atoms with Crippen LogP contribution >= 0.6 is 0 Å². The molecule has 1 nitrogen and oxygen atoms in total. The first-order valence-electron chi connectivity index (χ1n) is 7.98. The molecule has 0 radical (unpaired) electrons. The molecular weight excluding hydrogens is 206 g/mol. The highest BCUT2D eigenvalue weighted by atomic mass is 14.7. The summed E-state index contributed by atoms with van der Waals surface area (Å²) in [5, 5.41) is 0. The van der Waals surface area contributed by atoms with Crippen molar-refractivity contribution in [1.29, 1.82) is 0 Å². The van der Waals surface area contributed by atoms with Crippen molar-refractivity contribution in [3.63, 3.8) is 0 Å². The molecule has 2 N–H and O–H groups in total. The summed E-state index contributed by atoms with van der Waals surface area (Å²) in [4.78, 5) is 0. The Morgan fingerprint density at radius 2 is 1.94 bits per heavy atom. The van der Waals surface area contributed by atoms with Crippen molar-refractivity contribution in [3.05, 3.63) is 0 Å². The van der Waals surface area contributed by atoms with Gasteiger partial charge < -0.3 is 5.73 Å². The Bertz CT molecular complexity index is 190. The van der Waals surface area contributed by atoms with Gasteiger partial charge in [-0.05, 0) is 37.0 Å². The Labute approximate surface area is 109 Å². The molecule has 0 aromatic heterocycles. The van der Waals surface area contributed by atoms with Gasteiger partial charge >= 0.3 is 0 Å². The first kappa shape index (κ1) is 15.0. The Morgan fingerprint density at radius 3 is 2.53 bits per heavy atom. The third-order valence-electron chi connectivity index (χ3n) is 4.94. The monoisotopic (exact) mass is 239 g/mol. The fourth-order valence-corrected chi connectivity index (χ4v) is 3.57. The predicted molar refractivity (Wildman–Crippen MR) is 77.0 cm³/mol. The highest BCUT2D eigenvalue weighted by Crippen LogP contribution is 2.35. The lowest BCUT2D eigenvalue weighted by molar-refractivity contribution is 0.184. The topological polar surface area (TPSA) is 26.0 Å². The zero-order chi connectivity index (χ0) is 12.7. The van der Waals surface area contributed by atoms with Crippen LogP contribution in [-0.4, -0.2) is 6.04 Å². The smallest absolute Gasteiger partial charge is 0.00956 e. The van der Waals surface area contributed by atoms with Gasteiger partial charge in [0.15, 0.2) is 0 Å². The molecule has 0 aromatic rings. The Kier molecular flexibility index (Phi) is 7.18. The molecule has 1 saturated carbocycles. The highest BCUT2D eigenvalue weighted by molar-refractivity contribution is 4.84. The summed E-state index contributed by atoms with van der Waals surface area (Å²) in [6.45, 7) is 6.94. The molecule has 0 heterocycles. The van der Waals surface area contributed by atoms with Crippen molar-refractivity contribution >= 4 is 0 Å². The number of unbranched alkanes of at least 4 members (excludes halogenated alkanes) is 1. The van der Waals surface area contributed by atoms with Gasteiger partial charge in [-0.2, -0.15) is 0 Å². The van der Waals surface area contributed by atoms with Gasteiger partial charge in [0.1, 0.15) is 0 Å².